The standard InChI is InChI=1S/C11H16O3/c1-3-7-8-5-6-9(13-4-2)10(8)14-11(7)12/h9-10H,3-6H2,1-2H3/t9-,10-/m1/s1. The van der Waals surface area contributed by atoms with Crippen LogP contribution in [0.25, 0.3) is 0 Å². The number of carbonyl (C=O) groups is 1. The average molecular weight is 196 g/mol. The van der Waals surface area contributed by atoms with Gasteiger partial charge in [0.1, 0.15) is 0 Å². The first-order valence-corrected chi connectivity index (χ1v) is 5.32. The first kappa shape index (κ1) is 9.71. The molecule has 1 fully saturated rings. The molecule has 0 aromatic heterocycles. The van der Waals surface area contributed by atoms with E-state index in [0.29, 0.717) is 6.61 Å². The summed E-state index contributed by atoms with van der Waals surface area (Å²) >= 11 is 0. The number of hydrogen-bond donors (Lipinski definition) is 0. The summed E-state index contributed by atoms with van der Waals surface area (Å²) in [5, 5.41) is 0. The molecule has 0 amide bonds. The maximum Gasteiger partial charge on any atom is 0.334 e. The smallest absolute Gasteiger partial charge is 0.334 e. The number of carbonyl (C=O) groups excluding carboxylic acids is 1. The highest BCUT2D eigenvalue weighted by molar-refractivity contribution is 5.92. The molecule has 0 aromatic rings. The van der Waals surface area contributed by atoms with Gasteiger partial charge in [-0.2, -0.15) is 0 Å². The summed E-state index contributed by atoms with van der Waals surface area (Å²) in [5.41, 5.74) is 2.08. The van der Waals surface area contributed by atoms with Gasteiger partial charge in [-0.1, -0.05) is 6.92 Å². The summed E-state index contributed by atoms with van der Waals surface area (Å²) in [6, 6.07) is 0. The predicted molar refractivity (Wildman–Crippen MR) is 51.8 cm³/mol. The molecule has 2 rings (SSSR count). The minimum absolute atomic E-state index is 0.0719. The zero-order valence-electron chi connectivity index (χ0n) is 8.71. The molecule has 1 aliphatic carbocycles. The van der Waals surface area contributed by atoms with Gasteiger partial charge in [-0.05, 0) is 31.8 Å². The van der Waals surface area contributed by atoms with E-state index in [9.17, 15) is 4.79 Å². The highest BCUT2D eigenvalue weighted by atomic mass is 16.6. The van der Waals surface area contributed by atoms with Crippen LogP contribution in [0.5, 0.6) is 0 Å². The third kappa shape index (κ3) is 1.36. The molecule has 0 aromatic carbocycles. The molecule has 78 valence electrons. The van der Waals surface area contributed by atoms with Crippen LogP contribution in [-0.4, -0.2) is 24.8 Å². The Kier molecular flexibility index (Phi) is 2.59. The fraction of sp³-hybridized carbons (Fsp3) is 0.727. The van der Waals surface area contributed by atoms with E-state index in [1.807, 2.05) is 13.8 Å². The molecule has 0 unspecified atom stereocenters. The molecule has 0 spiro atoms. The van der Waals surface area contributed by atoms with Crippen molar-refractivity contribution < 1.29 is 14.3 Å². The Hall–Kier alpha value is -0.830. The monoisotopic (exact) mass is 196 g/mol. The van der Waals surface area contributed by atoms with Crippen LogP contribution in [0.2, 0.25) is 0 Å². The van der Waals surface area contributed by atoms with Crippen molar-refractivity contribution in [2.45, 2.75) is 45.3 Å². The molecule has 0 N–H and O–H groups in total. The summed E-state index contributed by atoms with van der Waals surface area (Å²) < 4.78 is 10.9. The van der Waals surface area contributed by atoms with Gasteiger partial charge in [0.25, 0.3) is 0 Å². The second-order valence-electron chi connectivity index (χ2n) is 3.72. The van der Waals surface area contributed by atoms with Gasteiger partial charge in [0.05, 0.1) is 6.10 Å². The van der Waals surface area contributed by atoms with Crippen LogP contribution in [0.1, 0.15) is 33.1 Å². The van der Waals surface area contributed by atoms with Crippen molar-refractivity contribution in [2.75, 3.05) is 6.61 Å². The molecule has 3 heteroatoms. The topological polar surface area (TPSA) is 35.5 Å². The van der Waals surface area contributed by atoms with Crippen LogP contribution in [0, 0.1) is 0 Å². The lowest BCUT2D eigenvalue weighted by Gasteiger charge is -2.16. The van der Waals surface area contributed by atoms with E-state index in [-0.39, 0.29) is 18.2 Å². The van der Waals surface area contributed by atoms with Crippen LogP contribution >= 0.6 is 0 Å². The number of rotatable bonds is 3. The third-order valence-corrected chi connectivity index (χ3v) is 2.98. The normalized spacial score (nSPS) is 30.9. The quantitative estimate of drug-likeness (QED) is 0.646. The van der Waals surface area contributed by atoms with Gasteiger partial charge in [-0.15, -0.1) is 0 Å². The van der Waals surface area contributed by atoms with Crippen molar-refractivity contribution in [3.05, 3.63) is 11.1 Å². The fourth-order valence-corrected chi connectivity index (χ4v) is 2.36. The Bertz CT molecular complexity index is 280. The summed E-state index contributed by atoms with van der Waals surface area (Å²) in [6.07, 6.45) is 2.76. The van der Waals surface area contributed by atoms with Crippen LogP contribution in [0.15, 0.2) is 11.1 Å². The van der Waals surface area contributed by atoms with Crippen LogP contribution < -0.4 is 0 Å². The first-order chi connectivity index (χ1) is 6.77. The van der Waals surface area contributed by atoms with E-state index in [1.54, 1.807) is 0 Å². The van der Waals surface area contributed by atoms with Crippen molar-refractivity contribution in [3.63, 3.8) is 0 Å². The molecule has 0 saturated heterocycles. The predicted octanol–water partition coefficient (Wildman–Crippen LogP) is 1.82. The number of hydrogen-bond acceptors (Lipinski definition) is 3. The van der Waals surface area contributed by atoms with Gasteiger partial charge >= 0.3 is 5.97 Å². The minimum Gasteiger partial charge on any atom is -0.452 e. The lowest BCUT2D eigenvalue weighted by Crippen LogP contribution is -2.25. The van der Waals surface area contributed by atoms with Crippen molar-refractivity contribution in [1.29, 1.82) is 0 Å². The number of esters is 1. The molecule has 1 heterocycles. The van der Waals surface area contributed by atoms with Gasteiger partial charge < -0.3 is 9.47 Å². The maximum absolute atomic E-state index is 11.4. The maximum atomic E-state index is 11.4. The molecule has 1 aliphatic heterocycles. The molecule has 2 aliphatic rings. The van der Waals surface area contributed by atoms with Gasteiger partial charge in [-0.25, -0.2) is 4.79 Å². The number of ether oxygens (including phenoxy) is 2. The molecular weight excluding hydrogens is 180 g/mol. The second-order valence-corrected chi connectivity index (χ2v) is 3.72. The second kappa shape index (κ2) is 3.73. The van der Waals surface area contributed by atoms with Gasteiger partial charge in [0.15, 0.2) is 6.10 Å². The van der Waals surface area contributed by atoms with Gasteiger partial charge in [0.2, 0.25) is 0 Å². The van der Waals surface area contributed by atoms with E-state index in [2.05, 4.69) is 0 Å². The van der Waals surface area contributed by atoms with Crippen molar-refractivity contribution in [3.8, 4) is 0 Å². The molecule has 3 nitrogen and oxygen atoms in total. The lowest BCUT2D eigenvalue weighted by atomic mass is 10.1. The van der Waals surface area contributed by atoms with Crippen LogP contribution in [0.4, 0.5) is 0 Å². The molecule has 0 radical (unpaired) electrons. The van der Waals surface area contributed by atoms with Crippen molar-refractivity contribution in [2.24, 2.45) is 0 Å². The third-order valence-electron chi connectivity index (χ3n) is 2.98. The van der Waals surface area contributed by atoms with Crippen molar-refractivity contribution >= 4 is 5.97 Å². The fourth-order valence-electron chi connectivity index (χ4n) is 2.36. The van der Waals surface area contributed by atoms with Crippen molar-refractivity contribution in [1.82, 2.24) is 0 Å². The van der Waals surface area contributed by atoms with Crippen LogP contribution in [0.3, 0.4) is 0 Å². The zero-order valence-corrected chi connectivity index (χ0v) is 8.71. The summed E-state index contributed by atoms with van der Waals surface area (Å²) in [7, 11) is 0. The summed E-state index contributed by atoms with van der Waals surface area (Å²) in [6.45, 7) is 4.66. The Morgan fingerprint density at radius 3 is 2.93 bits per heavy atom. The first-order valence-electron chi connectivity index (χ1n) is 5.32. The minimum atomic E-state index is -0.128. The largest absolute Gasteiger partial charge is 0.452 e. The molecule has 2 atom stereocenters. The SMILES string of the molecule is CCO[C@@H]1CCC2=C(CC)C(=O)O[C@H]21. The lowest BCUT2D eigenvalue weighted by molar-refractivity contribution is -0.144. The van der Waals surface area contributed by atoms with E-state index in [0.717, 1.165) is 24.8 Å². The van der Waals surface area contributed by atoms with E-state index >= 15 is 0 Å². The van der Waals surface area contributed by atoms with Gasteiger partial charge in [-0.3, -0.25) is 0 Å². The number of fused-ring (bicyclic) bond motifs is 1. The Morgan fingerprint density at radius 2 is 2.29 bits per heavy atom. The Labute approximate surface area is 84.1 Å². The molecule has 1 saturated carbocycles. The Balaban J connectivity index is 2.18. The molecule has 14 heavy (non-hydrogen) atoms. The summed E-state index contributed by atoms with van der Waals surface area (Å²) in [5.74, 6) is -0.128. The van der Waals surface area contributed by atoms with Gasteiger partial charge in [0, 0.05) is 12.2 Å². The molecular formula is C11H16O3. The van der Waals surface area contributed by atoms with Crippen LogP contribution in [-0.2, 0) is 14.3 Å². The average Bonchev–Trinajstić information content (AvgIpc) is 2.66. The van der Waals surface area contributed by atoms with E-state index in [1.165, 1.54) is 5.57 Å². The Morgan fingerprint density at radius 1 is 1.50 bits per heavy atom. The summed E-state index contributed by atoms with van der Waals surface area (Å²) in [4.78, 5) is 11.4. The highest BCUT2D eigenvalue weighted by Gasteiger charge is 2.42. The van der Waals surface area contributed by atoms with E-state index < -0.39 is 0 Å². The highest BCUT2D eigenvalue weighted by Crippen LogP contribution is 2.38. The zero-order chi connectivity index (χ0) is 10.1. The molecule has 0 bridgehead atoms. The van der Waals surface area contributed by atoms with E-state index in [4.69, 9.17) is 9.47 Å².